The number of benzene rings is 3. The highest BCUT2D eigenvalue weighted by atomic mass is 32.2. The summed E-state index contributed by atoms with van der Waals surface area (Å²) in [6.07, 6.45) is 1.71. The van der Waals surface area contributed by atoms with Gasteiger partial charge in [0.05, 0.1) is 30.7 Å². The Hall–Kier alpha value is -4.17. The van der Waals surface area contributed by atoms with E-state index in [1.54, 1.807) is 30.3 Å². The van der Waals surface area contributed by atoms with Gasteiger partial charge in [0.15, 0.2) is 5.17 Å². The SMILES string of the molecule is COc1ccccc1NC(=O)CC1SC(=Nc2cccc3ccccc23)N(Cc2ccccn2)C1=O. The lowest BCUT2D eigenvalue weighted by atomic mass is 10.1. The van der Waals surface area contributed by atoms with Crippen LogP contribution in [0.4, 0.5) is 11.4 Å². The Morgan fingerprint density at radius 1 is 1.03 bits per heavy atom. The number of thioether (sulfide) groups is 1. The number of hydrogen-bond acceptors (Lipinski definition) is 6. The molecule has 3 aromatic carbocycles. The van der Waals surface area contributed by atoms with Gasteiger partial charge in [0.25, 0.3) is 0 Å². The molecule has 5 rings (SSSR count). The molecule has 180 valence electrons. The molecule has 1 atom stereocenters. The lowest BCUT2D eigenvalue weighted by molar-refractivity contribution is -0.128. The number of anilines is 1. The normalized spacial score (nSPS) is 16.5. The molecule has 36 heavy (non-hydrogen) atoms. The van der Waals surface area contributed by atoms with Gasteiger partial charge in [-0.3, -0.25) is 19.5 Å². The largest absolute Gasteiger partial charge is 0.495 e. The Balaban J connectivity index is 1.43. The Kier molecular flexibility index (Phi) is 6.95. The molecule has 0 saturated carbocycles. The van der Waals surface area contributed by atoms with E-state index in [-0.39, 0.29) is 24.8 Å². The molecule has 4 aromatic rings. The van der Waals surface area contributed by atoms with E-state index in [1.807, 2.05) is 72.8 Å². The number of nitrogens with one attached hydrogen (secondary N) is 1. The molecule has 8 heteroatoms. The van der Waals surface area contributed by atoms with Crippen molar-refractivity contribution in [3.8, 4) is 5.75 Å². The van der Waals surface area contributed by atoms with Gasteiger partial charge in [-0.05, 0) is 35.7 Å². The number of nitrogens with zero attached hydrogens (tertiary/aromatic N) is 3. The summed E-state index contributed by atoms with van der Waals surface area (Å²) in [6.45, 7) is 0.279. The Labute approximate surface area is 213 Å². The number of hydrogen-bond donors (Lipinski definition) is 1. The molecule has 1 aromatic heterocycles. The third-order valence-electron chi connectivity index (χ3n) is 5.80. The van der Waals surface area contributed by atoms with Crippen molar-refractivity contribution in [2.45, 2.75) is 18.2 Å². The molecular weight excluding hydrogens is 472 g/mol. The predicted octanol–water partition coefficient (Wildman–Crippen LogP) is 5.40. The predicted molar refractivity (Wildman–Crippen MR) is 143 cm³/mol. The highest BCUT2D eigenvalue weighted by Crippen LogP contribution is 2.35. The molecule has 1 fully saturated rings. The van der Waals surface area contributed by atoms with Crippen LogP contribution in [-0.4, -0.2) is 39.2 Å². The highest BCUT2D eigenvalue weighted by molar-refractivity contribution is 8.15. The number of para-hydroxylation sites is 2. The molecule has 2 amide bonds. The number of carbonyl (C=O) groups is 2. The molecule has 1 unspecified atom stereocenters. The molecule has 0 radical (unpaired) electrons. The first-order chi connectivity index (χ1) is 17.6. The number of rotatable bonds is 7. The first kappa shape index (κ1) is 23.6. The van der Waals surface area contributed by atoms with Crippen molar-refractivity contribution in [2.75, 3.05) is 12.4 Å². The first-order valence-corrected chi connectivity index (χ1v) is 12.4. The van der Waals surface area contributed by atoms with Gasteiger partial charge in [0.2, 0.25) is 11.8 Å². The van der Waals surface area contributed by atoms with Crippen LogP contribution >= 0.6 is 11.8 Å². The van der Waals surface area contributed by atoms with Crippen molar-refractivity contribution in [3.63, 3.8) is 0 Å². The molecule has 7 nitrogen and oxygen atoms in total. The van der Waals surface area contributed by atoms with Crippen LogP contribution in [0.5, 0.6) is 5.75 Å². The second-order valence-electron chi connectivity index (χ2n) is 8.20. The minimum atomic E-state index is -0.600. The van der Waals surface area contributed by atoms with E-state index < -0.39 is 5.25 Å². The Morgan fingerprint density at radius 3 is 2.64 bits per heavy atom. The Morgan fingerprint density at radius 2 is 1.81 bits per heavy atom. The molecule has 2 heterocycles. The lowest BCUT2D eigenvalue weighted by Gasteiger charge is -2.16. The minimum absolute atomic E-state index is 0.00875. The van der Waals surface area contributed by atoms with Gasteiger partial charge in [-0.25, -0.2) is 4.99 Å². The number of fused-ring (bicyclic) bond motifs is 1. The van der Waals surface area contributed by atoms with E-state index in [9.17, 15) is 9.59 Å². The molecule has 0 spiro atoms. The van der Waals surface area contributed by atoms with Gasteiger partial charge in [-0.2, -0.15) is 0 Å². The van der Waals surface area contributed by atoms with E-state index in [0.29, 0.717) is 16.6 Å². The van der Waals surface area contributed by atoms with Gasteiger partial charge in [0.1, 0.15) is 11.0 Å². The average molecular weight is 497 g/mol. The summed E-state index contributed by atoms with van der Waals surface area (Å²) < 4.78 is 5.32. The minimum Gasteiger partial charge on any atom is -0.495 e. The summed E-state index contributed by atoms with van der Waals surface area (Å²) >= 11 is 1.30. The lowest BCUT2D eigenvalue weighted by Crippen LogP contribution is -2.33. The maximum absolute atomic E-state index is 13.5. The molecule has 0 aliphatic carbocycles. The standard InChI is InChI=1S/C28H24N4O3S/c1-35-24-15-5-4-13-23(24)30-26(33)17-25-27(34)32(18-20-11-6-7-16-29-20)28(36-25)31-22-14-8-10-19-9-2-3-12-21(19)22/h2-16,25H,17-18H2,1H3,(H,30,33). The van der Waals surface area contributed by atoms with Gasteiger partial charge in [0, 0.05) is 18.0 Å². The summed E-state index contributed by atoms with van der Waals surface area (Å²) in [7, 11) is 1.55. The fraction of sp³-hybridized carbons (Fsp3) is 0.143. The monoisotopic (exact) mass is 496 g/mol. The van der Waals surface area contributed by atoms with Crippen LogP contribution in [-0.2, 0) is 16.1 Å². The molecule has 1 N–H and O–H groups in total. The quantitative estimate of drug-likeness (QED) is 0.370. The number of amides is 2. The summed E-state index contributed by atoms with van der Waals surface area (Å²) in [5.74, 6) is 0.126. The van der Waals surface area contributed by atoms with Crippen LogP contribution in [0.3, 0.4) is 0 Å². The van der Waals surface area contributed by atoms with Crippen LogP contribution in [0.25, 0.3) is 10.8 Å². The van der Waals surface area contributed by atoms with Gasteiger partial charge < -0.3 is 10.1 Å². The number of amidine groups is 1. The highest BCUT2D eigenvalue weighted by Gasteiger charge is 2.39. The number of ether oxygens (including phenoxy) is 1. The third-order valence-corrected chi connectivity index (χ3v) is 6.98. The summed E-state index contributed by atoms with van der Waals surface area (Å²) in [5.41, 5.74) is 2.08. The summed E-state index contributed by atoms with van der Waals surface area (Å²) in [6, 6.07) is 26.7. The third kappa shape index (κ3) is 5.08. The van der Waals surface area contributed by atoms with Crippen LogP contribution in [0.2, 0.25) is 0 Å². The van der Waals surface area contributed by atoms with Gasteiger partial charge in [-0.1, -0.05) is 66.4 Å². The van der Waals surface area contributed by atoms with Crippen molar-refractivity contribution >= 4 is 50.9 Å². The van der Waals surface area contributed by atoms with Crippen LogP contribution in [0, 0.1) is 0 Å². The van der Waals surface area contributed by atoms with E-state index in [0.717, 1.165) is 22.2 Å². The van der Waals surface area contributed by atoms with E-state index in [4.69, 9.17) is 9.73 Å². The smallest absolute Gasteiger partial charge is 0.243 e. The molecular formula is C28H24N4O3S. The van der Waals surface area contributed by atoms with Crippen LogP contribution in [0.1, 0.15) is 12.1 Å². The number of aliphatic imine (C=N–C) groups is 1. The number of pyridine rings is 1. The van der Waals surface area contributed by atoms with Gasteiger partial charge in [-0.15, -0.1) is 0 Å². The maximum Gasteiger partial charge on any atom is 0.243 e. The van der Waals surface area contributed by atoms with E-state index >= 15 is 0 Å². The second kappa shape index (κ2) is 10.6. The van der Waals surface area contributed by atoms with Crippen molar-refractivity contribution in [3.05, 3.63) is 96.8 Å². The van der Waals surface area contributed by atoms with Gasteiger partial charge >= 0.3 is 0 Å². The Bertz CT molecular complexity index is 1440. The number of methoxy groups -OCH3 is 1. The van der Waals surface area contributed by atoms with Crippen LogP contribution < -0.4 is 10.1 Å². The molecule has 1 aliphatic rings. The fourth-order valence-corrected chi connectivity index (χ4v) is 5.20. The van der Waals surface area contributed by atoms with E-state index in [2.05, 4.69) is 10.3 Å². The summed E-state index contributed by atoms with van der Waals surface area (Å²) in [5, 5.41) is 4.88. The topological polar surface area (TPSA) is 83.9 Å². The number of aromatic nitrogens is 1. The zero-order valence-corrected chi connectivity index (χ0v) is 20.4. The van der Waals surface area contributed by atoms with Crippen molar-refractivity contribution < 1.29 is 14.3 Å². The summed E-state index contributed by atoms with van der Waals surface area (Å²) in [4.78, 5) is 37.2. The second-order valence-corrected chi connectivity index (χ2v) is 9.37. The molecule has 0 bridgehead atoms. The van der Waals surface area contributed by atoms with Crippen LogP contribution in [0.15, 0.2) is 96.1 Å². The average Bonchev–Trinajstić information content (AvgIpc) is 3.18. The zero-order chi connectivity index (χ0) is 24.9. The van der Waals surface area contributed by atoms with Crippen molar-refractivity contribution in [1.82, 2.24) is 9.88 Å². The molecule has 1 saturated heterocycles. The number of carbonyl (C=O) groups excluding carboxylic acids is 2. The fourth-order valence-electron chi connectivity index (χ4n) is 4.05. The van der Waals surface area contributed by atoms with E-state index in [1.165, 1.54) is 11.8 Å². The molecule has 1 aliphatic heterocycles. The maximum atomic E-state index is 13.5. The first-order valence-electron chi connectivity index (χ1n) is 11.5. The zero-order valence-electron chi connectivity index (χ0n) is 19.6. The van der Waals surface area contributed by atoms with Crippen molar-refractivity contribution in [2.24, 2.45) is 4.99 Å². The van der Waals surface area contributed by atoms with Crippen molar-refractivity contribution in [1.29, 1.82) is 0 Å².